The van der Waals surface area contributed by atoms with E-state index in [1.165, 1.54) is 5.56 Å². The Hall–Kier alpha value is -2.39. The zero-order valence-corrected chi connectivity index (χ0v) is 12.1. The van der Waals surface area contributed by atoms with E-state index in [4.69, 9.17) is 5.84 Å². The van der Waals surface area contributed by atoms with Crippen LogP contribution in [0.3, 0.4) is 0 Å². The maximum atomic E-state index is 12.0. The van der Waals surface area contributed by atoms with Gasteiger partial charge in [0.2, 0.25) is 0 Å². The number of hydrogen-bond donors (Lipinski definition) is 2. The number of hydrazine groups is 1. The van der Waals surface area contributed by atoms with Gasteiger partial charge in [0.05, 0.1) is 0 Å². The molecule has 21 heavy (non-hydrogen) atoms. The molecule has 2 aromatic carbocycles. The molecule has 0 radical (unpaired) electrons. The number of carbonyl (C=O) groups excluding carboxylic acids is 1. The number of nitrogens with two attached hydrogens (primary N) is 1. The predicted octanol–water partition coefficient (Wildman–Crippen LogP) is 2.95. The molecule has 1 unspecified atom stereocenters. The average Bonchev–Trinajstić information content (AvgIpc) is 2.55. The number of carbonyl (C=O) groups is 1. The third-order valence-corrected chi connectivity index (χ3v) is 3.44. The first-order chi connectivity index (χ1) is 10.2. The Kier molecular flexibility index (Phi) is 5.29. The molecule has 0 aromatic heterocycles. The first kappa shape index (κ1) is 15.0. The number of rotatable bonds is 5. The smallest absolute Gasteiger partial charge is 0.261 e. The Morgan fingerprint density at radius 2 is 1.67 bits per heavy atom. The molecule has 0 saturated heterocycles. The van der Waals surface area contributed by atoms with Gasteiger partial charge in [-0.2, -0.15) is 0 Å². The zero-order chi connectivity index (χ0) is 15.1. The van der Waals surface area contributed by atoms with E-state index in [-0.39, 0.29) is 11.8 Å². The van der Waals surface area contributed by atoms with Crippen LogP contribution in [0.1, 0.15) is 24.0 Å². The molecule has 3 N–H and O–H groups in total. The van der Waals surface area contributed by atoms with Crippen molar-refractivity contribution in [3.8, 4) is 0 Å². The molecule has 0 bridgehead atoms. The fourth-order valence-electron chi connectivity index (χ4n) is 2.28. The van der Waals surface area contributed by atoms with Gasteiger partial charge in [-0.3, -0.25) is 10.2 Å². The molecule has 1 atom stereocenters. The van der Waals surface area contributed by atoms with Crippen molar-refractivity contribution < 1.29 is 4.79 Å². The lowest BCUT2D eigenvalue weighted by Gasteiger charge is -2.11. The van der Waals surface area contributed by atoms with Crippen molar-refractivity contribution in [2.24, 2.45) is 5.84 Å². The van der Waals surface area contributed by atoms with E-state index >= 15 is 0 Å². The van der Waals surface area contributed by atoms with E-state index in [9.17, 15) is 4.79 Å². The summed E-state index contributed by atoms with van der Waals surface area (Å²) in [5.74, 6) is 5.22. The zero-order valence-electron chi connectivity index (χ0n) is 12.1. The first-order valence-corrected chi connectivity index (χ1v) is 7.01. The standard InChI is InChI=1S/C18H20N2O/c1-14(16-10-6-3-7-11-16)12-17(18(21)20-19)13-15-8-4-2-5-9-15/h2-12,14H,13,19H2,1H3,(H,20,21)/b17-12-. The molecule has 0 fully saturated rings. The fraction of sp³-hybridized carbons (Fsp3) is 0.167. The molecule has 2 aromatic rings. The second-order valence-corrected chi connectivity index (χ2v) is 5.03. The minimum absolute atomic E-state index is 0.155. The van der Waals surface area contributed by atoms with Crippen molar-refractivity contribution in [3.63, 3.8) is 0 Å². The summed E-state index contributed by atoms with van der Waals surface area (Å²) in [6.45, 7) is 2.07. The maximum absolute atomic E-state index is 12.0. The van der Waals surface area contributed by atoms with Crippen LogP contribution in [0.15, 0.2) is 72.3 Å². The van der Waals surface area contributed by atoms with E-state index in [1.807, 2.05) is 54.6 Å². The van der Waals surface area contributed by atoms with Crippen LogP contribution >= 0.6 is 0 Å². The molecule has 3 heteroatoms. The van der Waals surface area contributed by atoms with Gasteiger partial charge in [-0.05, 0) is 17.0 Å². The third kappa shape index (κ3) is 4.29. The lowest BCUT2D eigenvalue weighted by Crippen LogP contribution is -2.32. The van der Waals surface area contributed by atoms with Crippen molar-refractivity contribution in [1.82, 2.24) is 5.43 Å². The molecule has 0 aliphatic heterocycles. The summed E-state index contributed by atoms with van der Waals surface area (Å²) < 4.78 is 0. The van der Waals surface area contributed by atoms with Crippen LogP contribution in [0.25, 0.3) is 0 Å². The number of allylic oxidation sites excluding steroid dienone is 1. The highest BCUT2D eigenvalue weighted by Gasteiger charge is 2.11. The molecule has 3 nitrogen and oxygen atoms in total. The largest absolute Gasteiger partial charge is 0.290 e. The SMILES string of the molecule is CC(/C=C(/Cc1ccccc1)C(=O)NN)c1ccccc1. The summed E-state index contributed by atoms with van der Waals surface area (Å²) in [6.07, 6.45) is 2.55. The van der Waals surface area contributed by atoms with Gasteiger partial charge in [-0.25, -0.2) is 5.84 Å². The second kappa shape index (κ2) is 7.41. The van der Waals surface area contributed by atoms with Gasteiger partial charge in [-0.15, -0.1) is 0 Å². The number of hydrogen-bond acceptors (Lipinski definition) is 2. The summed E-state index contributed by atoms with van der Waals surface area (Å²) in [5.41, 5.74) is 5.18. The molecule has 2 rings (SSSR count). The lowest BCUT2D eigenvalue weighted by atomic mass is 9.95. The van der Waals surface area contributed by atoms with Crippen molar-refractivity contribution in [3.05, 3.63) is 83.4 Å². The molecule has 0 spiro atoms. The first-order valence-electron chi connectivity index (χ1n) is 7.01. The molecule has 108 valence electrons. The molecule has 0 aliphatic rings. The molecule has 0 saturated carbocycles. The van der Waals surface area contributed by atoms with Crippen LogP contribution in [0, 0.1) is 0 Å². The predicted molar refractivity (Wildman–Crippen MR) is 85.4 cm³/mol. The van der Waals surface area contributed by atoms with Crippen LogP contribution < -0.4 is 11.3 Å². The van der Waals surface area contributed by atoms with Gasteiger partial charge >= 0.3 is 0 Å². The molecule has 1 amide bonds. The van der Waals surface area contributed by atoms with Crippen LogP contribution in [0.5, 0.6) is 0 Å². The van der Waals surface area contributed by atoms with Gasteiger partial charge in [0.1, 0.15) is 0 Å². The topological polar surface area (TPSA) is 55.1 Å². The van der Waals surface area contributed by atoms with E-state index in [0.29, 0.717) is 12.0 Å². The lowest BCUT2D eigenvalue weighted by molar-refractivity contribution is -0.117. The van der Waals surface area contributed by atoms with Crippen molar-refractivity contribution in [1.29, 1.82) is 0 Å². The summed E-state index contributed by atoms with van der Waals surface area (Å²) in [6, 6.07) is 20.0. The van der Waals surface area contributed by atoms with E-state index in [0.717, 1.165) is 5.56 Å². The Morgan fingerprint density at radius 1 is 1.10 bits per heavy atom. The van der Waals surface area contributed by atoms with Gasteiger partial charge in [0.15, 0.2) is 0 Å². The van der Waals surface area contributed by atoms with Gasteiger partial charge in [0.25, 0.3) is 5.91 Å². The summed E-state index contributed by atoms with van der Waals surface area (Å²) in [7, 11) is 0. The summed E-state index contributed by atoms with van der Waals surface area (Å²) in [5, 5.41) is 0. The molecular weight excluding hydrogens is 260 g/mol. The number of nitrogens with one attached hydrogen (secondary N) is 1. The number of benzene rings is 2. The van der Waals surface area contributed by atoms with Gasteiger partial charge in [0, 0.05) is 12.0 Å². The van der Waals surface area contributed by atoms with Crippen LogP contribution in [0.4, 0.5) is 0 Å². The third-order valence-electron chi connectivity index (χ3n) is 3.44. The van der Waals surface area contributed by atoms with Crippen LogP contribution in [-0.4, -0.2) is 5.91 Å². The minimum Gasteiger partial charge on any atom is -0.290 e. The molecular formula is C18H20N2O. The summed E-state index contributed by atoms with van der Waals surface area (Å²) in [4.78, 5) is 12.0. The van der Waals surface area contributed by atoms with Crippen molar-refractivity contribution in [2.45, 2.75) is 19.3 Å². The highest BCUT2D eigenvalue weighted by molar-refractivity contribution is 5.93. The quantitative estimate of drug-likeness (QED) is 0.383. The van der Waals surface area contributed by atoms with Gasteiger partial charge < -0.3 is 0 Å². The Morgan fingerprint density at radius 3 is 2.24 bits per heavy atom. The monoisotopic (exact) mass is 280 g/mol. The van der Waals surface area contributed by atoms with Crippen LogP contribution in [0.2, 0.25) is 0 Å². The van der Waals surface area contributed by atoms with E-state index < -0.39 is 0 Å². The highest BCUT2D eigenvalue weighted by atomic mass is 16.2. The number of amides is 1. The Bertz CT molecular complexity index is 606. The van der Waals surface area contributed by atoms with Crippen molar-refractivity contribution >= 4 is 5.91 Å². The van der Waals surface area contributed by atoms with Crippen LogP contribution in [-0.2, 0) is 11.2 Å². The minimum atomic E-state index is -0.235. The molecule has 0 heterocycles. The maximum Gasteiger partial charge on any atom is 0.261 e. The highest BCUT2D eigenvalue weighted by Crippen LogP contribution is 2.19. The van der Waals surface area contributed by atoms with E-state index in [2.05, 4.69) is 24.5 Å². The Labute approximate surface area is 125 Å². The van der Waals surface area contributed by atoms with Gasteiger partial charge in [-0.1, -0.05) is 73.7 Å². The van der Waals surface area contributed by atoms with E-state index in [1.54, 1.807) is 0 Å². The average molecular weight is 280 g/mol. The Balaban J connectivity index is 2.23. The normalized spacial score (nSPS) is 12.8. The second-order valence-electron chi connectivity index (χ2n) is 5.03. The molecule has 0 aliphatic carbocycles. The van der Waals surface area contributed by atoms with Crippen molar-refractivity contribution in [2.75, 3.05) is 0 Å². The fourth-order valence-corrected chi connectivity index (χ4v) is 2.28. The summed E-state index contributed by atoms with van der Waals surface area (Å²) >= 11 is 0.